The molecule has 0 radical (unpaired) electrons. The number of hydrogen-bond acceptors (Lipinski definition) is 22. The van der Waals surface area contributed by atoms with Crippen LogP contribution in [0, 0.1) is 24.0 Å². The Morgan fingerprint density at radius 2 is 1.20 bits per heavy atom. The molecule has 0 aromatic carbocycles. The van der Waals surface area contributed by atoms with Crippen molar-refractivity contribution in [2.24, 2.45) is 17.8 Å². The third kappa shape index (κ3) is 14.1. The SMILES string of the molecule is C[C@H]1C([C@H](O)C(CO)O[C-]2C[C@@H](O)[C@@H](C)C([C@H](O)[C@H](O)CO)O2)O[C@@](OC(CO)[C@@H](O)C2O[C@@](O)(C(=O)[O-])C[C@@H](O)[C@H]2C)(C(=O)[O-])C[C@H]1O.O=C=O.[Na+].[Na+].[Na+]. The number of aliphatic hydroxyl groups is 11. The quantitative estimate of drug-likeness (QED) is 0.0539. The number of ether oxygens (including phenoxy) is 5. The second-order valence-corrected chi connectivity index (χ2v) is 13.1. The van der Waals surface area contributed by atoms with E-state index in [1.807, 2.05) is 0 Å². The molecule has 0 aromatic heterocycles. The fourth-order valence-corrected chi connectivity index (χ4v) is 6.21. The first-order valence-electron chi connectivity index (χ1n) is 16.1. The molecule has 0 aromatic rings. The van der Waals surface area contributed by atoms with Gasteiger partial charge < -0.3 is 99.7 Å². The second kappa shape index (κ2) is 25.5. The van der Waals surface area contributed by atoms with Gasteiger partial charge >= 0.3 is 94.8 Å². The van der Waals surface area contributed by atoms with Crippen molar-refractivity contribution >= 4 is 18.1 Å². The first-order valence-corrected chi connectivity index (χ1v) is 16.1. The molecule has 55 heavy (non-hydrogen) atoms. The summed E-state index contributed by atoms with van der Waals surface area (Å²) < 4.78 is 27.4. The fourth-order valence-electron chi connectivity index (χ4n) is 6.21. The molecule has 3 fully saturated rings. The van der Waals surface area contributed by atoms with Crippen molar-refractivity contribution in [1.82, 2.24) is 0 Å². The van der Waals surface area contributed by atoms with Crippen LogP contribution in [0.15, 0.2) is 0 Å². The summed E-state index contributed by atoms with van der Waals surface area (Å²) in [5, 5.41) is 138. The summed E-state index contributed by atoms with van der Waals surface area (Å²) in [6.07, 6.45) is -22.9. The predicted octanol–water partition coefficient (Wildman–Crippen LogP) is -17.7. The Balaban J connectivity index is 0. The van der Waals surface area contributed by atoms with Gasteiger partial charge in [0.05, 0.1) is 56.4 Å². The molecular weight excluding hydrogens is 781 g/mol. The van der Waals surface area contributed by atoms with Crippen molar-refractivity contribution in [3.8, 4) is 0 Å². The number of carboxylic acid groups (broad SMARTS) is 2. The van der Waals surface area contributed by atoms with Crippen molar-refractivity contribution in [2.75, 3.05) is 19.8 Å². The Hall–Kier alpha value is 0.680. The molecule has 25 heteroatoms. The predicted molar refractivity (Wildman–Crippen MR) is 155 cm³/mol. The van der Waals surface area contributed by atoms with Gasteiger partial charge in [-0.2, -0.15) is 9.59 Å². The Labute approximate surface area is 381 Å². The zero-order chi connectivity index (χ0) is 39.9. The molecule has 3 saturated heterocycles. The Morgan fingerprint density at radius 3 is 1.65 bits per heavy atom. The van der Waals surface area contributed by atoms with E-state index in [-0.39, 0.29) is 101 Å². The van der Waals surface area contributed by atoms with Crippen LogP contribution in [0.1, 0.15) is 40.0 Å². The van der Waals surface area contributed by atoms with E-state index in [2.05, 4.69) is 0 Å². The first-order chi connectivity index (χ1) is 24.2. The zero-order valence-corrected chi connectivity index (χ0v) is 37.3. The van der Waals surface area contributed by atoms with E-state index >= 15 is 0 Å². The Morgan fingerprint density at radius 1 is 0.745 bits per heavy atom. The maximum atomic E-state index is 12.5. The Bertz CT molecular complexity index is 1200. The van der Waals surface area contributed by atoms with Gasteiger partial charge in [0.15, 0.2) is 0 Å². The average Bonchev–Trinajstić information content (AvgIpc) is 3.09. The molecule has 302 valence electrons. The summed E-state index contributed by atoms with van der Waals surface area (Å²) >= 11 is 0. The van der Waals surface area contributed by atoms with Crippen LogP contribution in [0.3, 0.4) is 0 Å². The van der Waals surface area contributed by atoms with E-state index in [0.717, 1.165) is 0 Å². The molecule has 3 aliphatic heterocycles. The van der Waals surface area contributed by atoms with Gasteiger partial charge in [-0.25, -0.2) is 0 Å². The van der Waals surface area contributed by atoms with Crippen molar-refractivity contribution in [3.63, 3.8) is 0 Å². The number of hydrogen-bond donors (Lipinski definition) is 11. The monoisotopic (exact) mass is 828 g/mol. The number of aliphatic carboxylic acids is 2. The normalized spacial score (nSPS) is 36.9. The third-order valence-corrected chi connectivity index (χ3v) is 9.61. The van der Waals surface area contributed by atoms with Gasteiger partial charge in [-0.15, -0.1) is 6.42 Å². The minimum atomic E-state index is -3.07. The smallest absolute Gasteiger partial charge is 0.544 e. The second-order valence-electron chi connectivity index (χ2n) is 13.1. The van der Waals surface area contributed by atoms with Gasteiger partial charge in [0.2, 0.25) is 11.6 Å². The topological polar surface area (TPSA) is 383 Å². The molecule has 3 rings (SSSR count). The van der Waals surface area contributed by atoms with E-state index < -0.39 is 153 Å². The molecule has 3 aliphatic rings. The van der Waals surface area contributed by atoms with Gasteiger partial charge in [0.1, 0.15) is 42.5 Å². The Kier molecular flexibility index (Phi) is 26.7. The molecular formula is C30H47Na3O22. The number of rotatable bonds is 15. The molecule has 3 heterocycles. The molecule has 0 spiro atoms. The largest absolute Gasteiger partial charge is 1.00 e. The van der Waals surface area contributed by atoms with E-state index in [9.17, 15) is 76.0 Å². The third-order valence-electron chi connectivity index (χ3n) is 9.61. The van der Waals surface area contributed by atoms with Gasteiger partial charge in [-0.1, -0.05) is 27.1 Å². The van der Waals surface area contributed by atoms with E-state index in [4.69, 9.17) is 33.3 Å². The number of aliphatic hydroxyl groups excluding tert-OH is 10. The molecule has 0 amide bonds. The summed E-state index contributed by atoms with van der Waals surface area (Å²) in [6, 6.07) is 0. The minimum Gasteiger partial charge on any atom is -0.544 e. The van der Waals surface area contributed by atoms with Crippen LogP contribution in [0.2, 0.25) is 0 Å². The fraction of sp³-hybridized carbons (Fsp3) is 0.867. The molecule has 11 N–H and O–H groups in total. The maximum absolute atomic E-state index is 12.5. The molecule has 0 bridgehead atoms. The van der Waals surface area contributed by atoms with Crippen molar-refractivity contribution in [1.29, 1.82) is 0 Å². The number of carbonyl (C=O) groups excluding carboxylic acids is 4. The number of carbonyl (C=O) groups is 2. The summed E-state index contributed by atoms with van der Waals surface area (Å²) in [4.78, 5) is 40.3. The first kappa shape index (κ1) is 57.8. The summed E-state index contributed by atoms with van der Waals surface area (Å²) in [5.41, 5.74) is 0. The van der Waals surface area contributed by atoms with Crippen LogP contribution >= 0.6 is 0 Å². The van der Waals surface area contributed by atoms with Crippen LogP contribution in [0.25, 0.3) is 0 Å². The van der Waals surface area contributed by atoms with E-state index in [1.54, 1.807) is 0 Å². The van der Waals surface area contributed by atoms with Gasteiger partial charge in [-0.05, 0) is 0 Å². The number of carboxylic acids is 2. The molecule has 0 saturated carbocycles. The van der Waals surface area contributed by atoms with Crippen molar-refractivity contribution in [3.05, 3.63) is 6.29 Å². The zero-order valence-electron chi connectivity index (χ0n) is 31.3. The summed E-state index contributed by atoms with van der Waals surface area (Å²) in [7, 11) is 0. The van der Waals surface area contributed by atoms with E-state index in [1.165, 1.54) is 20.8 Å². The van der Waals surface area contributed by atoms with Gasteiger partial charge in [0.25, 0.3) is 0 Å². The summed E-state index contributed by atoms with van der Waals surface area (Å²) in [6.45, 7) is 1.09. The van der Waals surface area contributed by atoms with Crippen LogP contribution in [-0.4, -0.2) is 179 Å². The molecule has 5 unspecified atom stereocenters. The molecule has 0 aliphatic carbocycles. The maximum Gasteiger partial charge on any atom is 1.00 e. The van der Waals surface area contributed by atoms with E-state index in [0.29, 0.717) is 0 Å². The van der Waals surface area contributed by atoms with Crippen LogP contribution in [0.4, 0.5) is 0 Å². The minimum absolute atomic E-state index is 0. The van der Waals surface area contributed by atoms with Crippen molar-refractivity contribution < 1.29 is 198 Å². The summed E-state index contributed by atoms with van der Waals surface area (Å²) in [5.74, 6) is -13.4. The van der Waals surface area contributed by atoms with Crippen LogP contribution < -0.4 is 98.9 Å². The van der Waals surface area contributed by atoms with Crippen LogP contribution in [-0.2, 0) is 42.9 Å². The average molecular weight is 829 g/mol. The van der Waals surface area contributed by atoms with Crippen molar-refractivity contribution in [2.45, 2.75) is 125 Å². The van der Waals surface area contributed by atoms with Gasteiger partial charge in [0, 0.05) is 36.7 Å². The van der Waals surface area contributed by atoms with Gasteiger partial charge in [-0.3, -0.25) is 0 Å². The molecule has 17 atom stereocenters. The van der Waals surface area contributed by atoms with Crippen LogP contribution in [0.5, 0.6) is 0 Å². The molecule has 22 nitrogen and oxygen atoms in total. The standard InChI is InChI=1S/C29H49O20.CO2.3Na/c1-10-13(33)4-19(46-23(10)20(37)16(36)7-30)45-17(8-31)21(38)25-12(3)15(35)6-29(49-25,27(42)43)47-18(9-32)22(39)24-11(2)14(34)5-28(44,48-24)26(40)41;2-1-3;;;/h10-18,20-25,30-39,44H,4-9H2,1-3H3,(H,40,41)(H,42,43);;;;/q-1;;3*+1/p-2/t10-,11-,12-,13-,14-,15-,16-,17?,18?,20-,21-,22-,23?,24?,25?,28-,29-;;;;/m1..../s1.